The number of allylic oxidation sites excluding steroid dienone is 2. The van der Waals surface area contributed by atoms with Gasteiger partial charge in [0.05, 0.1) is 0 Å². The molecule has 0 N–H and O–H groups in total. The minimum atomic E-state index is 0.684. The quantitative estimate of drug-likeness (QED) is 0.690. The van der Waals surface area contributed by atoms with Crippen LogP contribution in [0.5, 0.6) is 0 Å². The Morgan fingerprint density at radius 1 is 0.900 bits per heavy atom. The van der Waals surface area contributed by atoms with Crippen LogP contribution < -0.4 is 0 Å². The first kappa shape index (κ1) is 12.6. The second-order valence-electron chi connectivity index (χ2n) is 7.33. The topological polar surface area (TPSA) is 3.24 Å². The molecule has 0 amide bonds. The molecule has 1 aromatic rings. The van der Waals surface area contributed by atoms with Crippen molar-refractivity contribution < 1.29 is 0 Å². The average molecular weight is 267 g/mol. The van der Waals surface area contributed by atoms with E-state index in [4.69, 9.17) is 0 Å². The summed E-state index contributed by atoms with van der Waals surface area (Å²) in [7, 11) is 0. The lowest BCUT2D eigenvalue weighted by molar-refractivity contribution is 0.260. The monoisotopic (exact) mass is 267 g/mol. The van der Waals surface area contributed by atoms with Gasteiger partial charge in [-0.2, -0.15) is 0 Å². The fourth-order valence-electron chi connectivity index (χ4n) is 5.15. The van der Waals surface area contributed by atoms with Crippen molar-refractivity contribution in [1.82, 2.24) is 4.90 Å². The summed E-state index contributed by atoms with van der Waals surface area (Å²) in [6.45, 7) is 12.1. The van der Waals surface area contributed by atoms with Crippen LogP contribution in [0.4, 0.5) is 0 Å². The molecule has 3 aliphatic carbocycles. The van der Waals surface area contributed by atoms with Gasteiger partial charge in [-0.3, -0.25) is 0 Å². The molecule has 1 heteroatoms. The van der Waals surface area contributed by atoms with Crippen LogP contribution in [0.3, 0.4) is 0 Å². The Morgan fingerprint density at radius 3 is 1.75 bits per heavy atom. The Hall–Kier alpha value is -1.08. The zero-order valence-electron chi connectivity index (χ0n) is 13.1. The standard InChI is InChI=1S/C19H25N/c1-11(2)20-9-16-17(10-20)19-13(4)12(3)18(16)14-7-5-6-8-15(14)19/h5-8,11,16-19H,9-10H2,1-4H3/t16-,17+,18+,19-. The van der Waals surface area contributed by atoms with Crippen LogP contribution in [-0.2, 0) is 0 Å². The van der Waals surface area contributed by atoms with E-state index >= 15 is 0 Å². The highest BCUT2D eigenvalue weighted by atomic mass is 15.2. The molecule has 4 atom stereocenters. The largest absolute Gasteiger partial charge is 0.300 e. The van der Waals surface area contributed by atoms with Gasteiger partial charge in [-0.1, -0.05) is 35.4 Å². The molecule has 106 valence electrons. The Kier molecular flexibility index (Phi) is 2.66. The summed E-state index contributed by atoms with van der Waals surface area (Å²) in [6, 6.07) is 9.91. The van der Waals surface area contributed by atoms with E-state index in [1.165, 1.54) is 13.1 Å². The molecule has 5 rings (SSSR count). The van der Waals surface area contributed by atoms with Gasteiger partial charge >= 0.3 is 0 Å². The fraction of sp³-hybridized carbons (Fsp3) is 0.579. The summed E-state index contributed by atoms with van der Waals surface area (Å²) < 4.78 is 0. The highest BCUT2D eigenvalue weighted by Crippen LogP contribution is 2.59. The predicted octanol–water partition coefficient (Wildman–Crippen LogP) is 4.17. The molecule has 0 spiro atoms. The smallest absolute Gasteiger partial charge is 0.00950 e. The van der Waals surface area contributed by atoms with Crippen LogP contribution in [0.1, 0.15) is 50.7 Å². The molecule has 0 radical (unpaired) electrons. The zero-order valence-corrected chi connectivity index (χ0v) is 13.1. The van der Waals surface area contributed by atoms with Crippen molar-refractivity contribution in [2.24, 2.45) is 11.8 Å². The van der Waals surface area contributed by atoms with E-state index in [9.17, 15) is 0 Å². The molecule has 2 bridgehead atoms. The molecule has 1 fully saturated rings. The summed E-state index contributed by atoms with van der Waals surface area (Å²) in [4.78, 5) is 2.70. The Balaban J connectivity index is 1.84. The molecule has 0 unspecified atom stereocenters. The van der Waals surface area contributed by atoms with Crippen molar-refractivity contribution in [3.8, 4) is 0 Å². The first-order valence-electron chi connectivity index (χ1n) is 8.09. The van der Waals surface area contributed by atoms with Gasteiger partial charge in [-0.15, -0.1) is 0 Å². The van der Waals surface area contributed by atoms with Crippen LogP contribution in [0, 0.1) is 11.8 Å². The summed E-state index contributed by atoms with van der Waals surface area (Å²) in [6.07, 6.45) is 0. The predicted molar refractivity (Wildman–Crippen MR) is 84.0 cm³/mol. The normalized spacial score (nSPS) is 35.6. The maximum atomic E-state index is 2.70. The number of likely N-dealkylation sites (tertiary alicyclic amines) is 1. The molecular weight excluding hydrogens is 242 g/mol. The minimum absolute atomic E-state index is 0.684. The van der Waals surface area contributed by atoms with Crippen molar-refractivity contribution in [3.63, 3.8) is 0 Å². The lowest BCUT2D eigenvalue weighted by Gasteiger charge is -2.48. The molecule has 1 heterocycles. The molecule has 0 aromatic heterocycles. The summed E-state index contributed by atoms with van der Waals surface area (Å²) >= 11 is 0. The van der Waals surface area contributed by atoms with E-state index in [-0.39, 0.29) is 0 Å². The van der Waals surface area contributed by atoms with E-state index in [1.54, 1.807) is 22.3 Å². The second kappa shape index (κ2) is 4.21. The maximum absolute atomic E-state index is 2.70. The van der Waals surface area contributed by atoms with Gasteiger partial charge in [0.25, 0.3) is 0 Å². The lowest BCUT2D eigenvalue weighted by atomic mass is 9.56. The summed E-state index contributed by atoms with van der Waals surface area (Å²) in [5.41, 5.74) is 6.60. The van der Waals surface area contributed by atoms with Gasteiger partial charge in [0.2, 0.25) is 0 Å². The molecular formula is C19H25N. The van der Waals surface area contributed by atoms with E-state index in [0.29, 0.717) is 17.9 Å². The minimum Gasteiger partial charge on any atom is -0.300 e. The van der Waals surface area contributed by atoms with E-state index in [2.05, 4.69) is 56.9 Å². The Labute approximate surface area is 122 Å². The van der Waals surface area contributed by atoms with Crippen LogP contribution in [0.2, 0.25) is 0 Å². The maximum Gasteiger partial charge on any atom is 0.00950 e. The second-order valence-corrected chi connectivity index (χ2v) is 7.33. The van der Waals surface area contributed by atoms with Gasteiger partial charge in [-0.05, 0) is 50.7 Å². The third-order valence-corrected chi connectivity index (χ3v) is 6.25. The van der Waals surface area contributed by atoms with Gasteiger partial charge in [0.1, 0.15) is 0 Å². The SMILES string of the molecule is CC1=C(C)[C@H]2c3ccccc3[C@@H]1[C@H]1CN(C(C)C)C[C@H]12. The fourth-order valence-corrected chi connectivity index (χ4v) is 5.15. The Bertz CT molecular complexity index is 536. The highest BCUT2D eigenvalue weighted by molar-refractivity contribution is 5.52. The number of hydrogen-bond acceptors (Lipinski definition) is 1. The first-order valence-corrected chi connectivity index (χ1v) is 8.09. The number of rotatable bonds is 1. The van der Waals surface area contributed by atoms with Crippen molar-refractivity contribution in [1.29, 1.82) is 0 Å². The molecule has 1 aliphatic heterocycles. The molecule has 1 aromatic carbocycles. The van der Waals surface area contributed by atoms with Crippen molar-refractivity contribution in [3.05, 3.63) is 46.5 Å². The van der Waals surface area contributed by atoms with E-state index < -0.39 is 0 Å². The van der Waals surface area contributed by atoms with Gasteiger partial charge in [0, 0.05) is 31.0 Å². The lowest BCUT2D eigenvalue weighted by Crippen LogP contribution is -2.38. The van der Waals surface area contributed by atoms with Gasteiger partial charge < -0.3 is 4.90 Å². The number of benzene rings is 1. The van der Waals surface area contributed by atoms with Crippen LogP contribution in [-0.4, -0.2) is 24.0 Å². The first-order chi connectivity index (χ1) is 9.59. The van der Waals surface area contributed by atoms with E-state index in [0.717, 1.165) is 11.8 Å². The summed E-state index contributed by atoms with van der Waals surface area (Å²) in [5.74, 6) is 3.07. The molecule has 20 heavy (non-hydrogen) atoms. The van der Waals surface area contributed by atoms with Crippen molar-refractivity contribution >= 4 is 0 Å². The average Bonchev–Trinajstić information content (AvgIpc) is 2.87. The van der Waals surface area contributed by atoms with Crippen molar-refractivity contribution in [2.45, 2.75) is 45.6 Å². The highest BCUT2D eigenvalue weighted by Gasteiger charge is 2.52. The van der Waals surface area contributed by atoms with Crippen LogP contribution in [0.25, 0.3) is 0 Å². The molecule has 1 nitrogen and oxygen atoms in total. The summed E-state index contributed by atoms with van der Waals surface area (Å²) in [5, 5.41) is 0. The number of hydrogen-bond donors (Lipinski definition) is 0. The van der Waals surface area contributed by atoms with Crippen molar-refractivity contribution in [2.75, 3.05) is 13.1 Å². The third kappa shape index (κ3) is 1.47. The number of nitrogens with zero attached hydrogens (tertiary/aromatic N) is 1. The zero-order chi connectivity index (χ0) is 14.0. The van der Waals surface area contributed by atoms with E-state index in [1.807, 2.05) is 0 Å². The van der Waals surface area contributed by atoms with Crippen LogP contribution in [0.15, 0.2) is 35.4 Å². The van der Waals surface area contributed by atoms with Crippen LogP contribution >= 0.6 is 0 Å². The molecule has 4 aliphatic rings. The molecule has 0 saturated carbocycles. The Morgan fingerprint density at radius 2 is 1.35 bits per heavy atom. The third-order valence-electron chi connectivity index (χ3n) is 6.25. The van der Waals surface area contributed by atoms with Gasteiger partial charge in [-0.25, -0.2) is 0 Å². The van der Waals surface area contributed by atoms with Gasteiger partial charge in [0.15, 0.2) is 0 Å². The molecule has 1 saturated heterocycles.